The van der Waals surface area contributed by atoms with Gasteiger partial charge in [0.15, 0.2) is 6.29 Å². The van der Waals surface area contributed by atoms with Crippen LogP contribution in [0.2, 0.25) is 0 Å². The highest BCUT2D eigenvalue weighted by molar-refractivity contribution is 4.52. The van der Waals surface area contributed by atoms with Crippen LogP contribution in [0.15, 0.2) is 0 Å². The Balaban J connectivity index is 3.05. The van der Waals surface area contributed by atoms with Gasteiger partial charge in [-0.25, -0.2) is 0 Å². The largest absolute Gasteiger partial charge is 0.367 e. The molecular weight excluding hydrogens is 262 g/mol. The summed E-state index contributed by atoms with van der Waals surface area (Å²) in [5.41, 5.74) is 0. The first-order chi connectivity index (χ1) is 10.3. The second kappa shape index (κ2) is 17.9. The second-order valence-electron chi connectivity index (χ2n) is 6.07. The number of rotatable bonds is 17. The van der Waals surface area contributed by atoms with Crippen molar-refractivity contribution in [2.45, 2.75) is 97.2 Å². The Labute approximate surface area is 132 Å². The average molecular weight is 302 g/mol. The molecule has 2 N–H and O–H groups in total. The van der Waals surface area contributed by atoms with Gasteiger partial charge in [0.25, 0.3) is 0 Å². The molecule has 3 nitrogen and oxygen atoms in total. The molecule has 0 aliphatic heterocycles. The third-order valence-electron chi connectivity index (χ3n) is 3.83. The van der Waals surface area contributed by atoms with Gasteiger partial charge in [-0.05, 0) is 19.4 Å². The maximum absolute atomic E-state index is 9.55. The summed E-state index contributed by atoms with van der Waals surface area (Å²) >= 11 is 0. The highest BCUT2D eigenvalue weighted by atomic mass is 16.6. The molecule has 1 atom stereocenters. The summed E-state index contributed by atoms with van der Waals surface area (Å²) in [7, 11) is 0. The second-order valence-corrected chi connectivity index (χ2v) is 6.07. The predicted molar refractivity (Wildman–Crippen MR) is 91.6 cm³/mol. The van der Waals surface area contributed by atoms with E-state index in [9.17, 15) is 5.11 Å². The summed E-state index contributed by atoms with van der Waals surface area (Å²) in [4.78, 5) is 0. The Kier molecular flexibility index (Phi) is 17.8. The van der Waals surface area contributed by atoms with Crippen LogP contribution in [0.1, 0.15) is 90.9 Å². The summed E-state index contributed by atoms with van der Waals surface area (Å²) in [6.45, 7) is 6.60. The molecule has 0 aliphatic carbocycles. The van der Waals surface area contributed by atoms with Crippen molar-refractivity contribution in [2.75, 3.05) is 19.7 Å². The summed E-state index contributed by atoms with van der Waals surface area (Å²) in [6.07, 6.45) is 15.1. The number of unbranched alkanes of at least 4 members (excludes halogenated alkanes) is 10. The first-order valence-electron chi connectivity index (χ1n) is 9.31. The molecule has 0 fully saturated rings. The number of ether oxygens (including phenoxy) is 1. The summed E-state index contributed by atoms with van der Waals surface area (Å²) < 4.78 is 5.28. The van der Waals surface area contributed by atoms with Crippen LogP contribution in [0.25, 0.3) is 0 Å². The molecule has 0 saturated carbocycles. The van der Waals surface area contributed by atoms with E-state index in [1.165, 1.54) is 64.2 Å². The van der Waals surface area contributed by atoms with Crippen LogP contribution < -0.4 is 5.32 Å². The molecule has 0 spiro atoms. The fourth-order valence-corrected chi connectivity index (χ4v) is 2.39. The van der Waals surface area contributed by atoms with Crippen molar-refractivity contribution in [3.8, 4) is 0 Å². The summed E-state index contributed by atoms with van der Waals surface area (Å²) in [5, 5.41) is 12.8. The molecule has 0 radical (unpaired) electrons. The zero-order chi connectivity index (χ0) is 15.6. The van der Waals surface area contributed by atoms with Crippen LogP contribution in [0.5, 0.6) is 0 Å². The Morgan fingerprint density at radius 2 is 1.29 bits per heavy atom. The fraction of sp³-hybridized carbons (Fsp3) is 1.00. The van der Waals surface area contributed by atoms with E-state index < -0.39 is 6.29 Å². The van der Waals surface area contributed by atoms with Crippen molar-refractivity contribution in [3.05, 3.63) is 0 Å². The number of aliphatic hydroxyl groups is 1. The van der Waals surface area contributed by atoms with Gasteiger partial charge in [0.1, 0.15) is 0 Å². The predicted octanol–water partition coefficient (Wildman–Crippen LogP) is 4.63. The van der Waals surface area contributed by atoms with Crippen molar-refractivity contribution >= 4 is 0 Å². The molecule has 128 valence electrons. The molecule has 0 rings (SSSR count). The zero-order valence-electron chi connectivity index (χ0n) is 14.5. The zero-order valence-corrected chi connectivity index (χ0v) is 14.5. The Morgan fingerprint density at radius 3 is 1.86 bits per heavy atom. The summed E-state index contributed by atoms with van der Waals surface area (Å²) in [5.74, 6) is 0. The lowest BCUT2D eigenvalue weighted by Gasteiger charge is -2.12. The van der Waals surface area contributed by atoms with Crippen LogP contribution in [0.4, 0.5) is 0 Å². The molecule has 21 heavy (non-hydrogen) atoms. The number of hydrogen-bond acceptors (Lipinski definition) is 3. The maximum Gasteiger partial charge on any atom is 0.167 e. The monoisotopic (exact) mass is 301 g/mol. The normalized spacial score (nSPS) is 12.7. The Hall–Kier alpha value is -0.120. The van der Waals surface area contributed by atoms with E-state index in [2.05, 4.69) is 19.2 Å². The molecule has 0 aromatic carbocycles. The molecule has 3 heteroatoms. The van der Waals surface area contributed by atoms with Crippen LogP contribution in [0.3, 0.4) is 0 Å². The van der Waals surface area contributed by atoms with E-state index in [1.807, 2.05) is 0 Å². The number of hydrogen-bond donors (Lipinski definition) is 2. The fourth-order valence-electron chi connectivity index (χ4n) is 2.39. The van der Waals surface area contributed by atoms with E-state index >= 15 is 0 Å². The van der Waals surface area contributed by atoms with Gasteiger partial charge >= 0.3 is 0 Å². The van der Waals surface area contributed by atoms with E-state index in [0.29, 0.717) is 13.2 Å². The van der Waals surface area contributed by atoms with Crippen LogP contribution in [-0.4, -0.2) is 31.1 Å². The molecule has 0 unspecified atom stereocenters. The van der Waals surface area contributed by atoms with Crippen molar-refractivity contribution in [3.63, 3.8) is 0 Å². The first kappa shape index (κ1) is 20.9. The van der Waals surface area contributed by atoms with Crippen LogP contribution in [0, 0.1) is 0 Å². The third-order valence-corrected chi connectivity index (χ3v) is 3.83. The molecule has 0 amide bonds. The van der Waals surface area contributed by atoms with Gasteiger partial charge < -0.3 is 15.2 Å². The lowest BCUT2D eigenvalue weighted by molar-refractivity contribution is -0.0964. The molecular formula is C18H39NO2. The smallest absolute Gasteiger partial charge is 0.167 e. The van der Waals surface area contributed by atoms with Gasteiger partial charge in [-0.2, -0.15) is 0 Å². The molecule has 0 saturated heterocycles. The highest BCUT2D eigenvalue weighted by Crippen LogP contribution is 2.10. The van der Waals surface area contributed by atoms with Crippen molar-refractivity contribution in [1.82, 2.24) is 5.32 Å². The van der Waals surface area contributed by atoms with Crippen molar-refractivity contribution in [2.24, 2.45) is 0 Å². The van der Waals surface area contributed by atoms with E-state index in [1.54, 1.807) is 0 Å². The molecule has 0 bridgehead atoms. The molecule has 0 aromatic rings. The first-order valence-corrected chi connectivity index (χ1v) is 9.31. The lowest BCUT2D eigenvalue weighted by atomic mass is 10.1. The minimum absolute atomic E-state index is 0.557. The highest BCUT2D eigenvalue weighted by Gasteiger charge is 2.02. The molecule has 0 aliphatic rings. The van der Waals surface area contributed by atoms with Gasteiger partial charge in [-0.1, -0.05) is 78.1 Å². The van der Waals surface area contributed by atoms with E-state index in [4.69, 9.17) is 4.74 Å². The average Bonchev–Trinajstić information content (AvgIpc) is 2.48. The van der Waals surface area contributed by atoms with Crippen LogP contribution >= 0.6 is 0 Å². The van der Waals surface area contributed by atoms with Crippen LogP contribution in [-0.2, 0) is 4.74 Å². The summed E-state index contributed by atoms with van der Waals surface area (Å²) in [6, 6.07) is 0. The number of nitrogens with one attached hydrogen (secondary N) is 1. The molecule has 0 aromatic heterocycles. The maximum atomic E-state index is 9.55. The molecule has 0 heterocycles. The van der Waals surface area contributed by atoms with Gasteiger partial charge in [-0.15, -0.1) is 0 Å². The standard InChI is InChI=1S/C18H39NO2/c1-3-5-7-8-9-10-11-12-13-14-15-19-17-18(20)21-16-6-4-2/h18-20H,3-17H2,1-2H3/t18-/m0/s1. The number of aliphatic hydroxyl groups excluding tert-OH is 1. The SMILES string of the molecule is CCCCCCCCCCCCNC[C@@H](O)OCCCC. The Bertz CT molecular complexity index is 188. The minimum atomic E-state index is -0.639. The lowest BCUT2D eigenvalue weighted by Crippen LogP contribution is -2.29. The van der Waals surface area contributed by atoms with Gasteiger partial charge in [-0.3, -0.25) is 0 Å². The van der Waals surface area contributed by atoms with Crippen molar-refractivity contribution < 1.29 is 9.84 Å². The Morgan fingerprint density at radius 1 is 0.762 bits per heavy atom. The van der Waals surface area contributed by atoms with Gasteiger partial charge in [0.05, 0.1) is 0 Å². The van der Waals surface area contributed by atoms with Gasteiger partial charge in [0.2, 0.25) is 0 Å². The van der Waals surface area contributed by atoms with Gasteiger partial charge in [0, 0.05) is 13.2 Å². The third kappa shape index (κ3) is 17.8. The minimum Gasteiger partial charge on any atom is -0.367 e. The van der Waals surface area contributed by atoms with E-state index in [-0.39, 0.29) is 0 Å². The topological polar surface area (TPSA) is 41.5 Å². The van der Waals surface area contributed by atoms with E-state index in [0.717, 1.165) is 19.4 Å². The van der Waals surface area contributed by atoms with Crippen molar-refractivity contribution in [1.29, 1.82) is 0 Å². The quantitative estimate of drug-likeness (QED) is 0.304.